The molecular weight excluding hydrogens is 343 g/mol. The predicted molar refractivity (Wildman–Crippen MR) is 94.4 cm³/mol. The molecule has 5 nitrogen and oxygen atoms in total. The van der Waals surface area contributed by atoms with E-state index in [1.165, 1.54) is 17.7 Å². The fourth-order valence-corrected chi connectivity index (χ4v) is 3.49. The number of ether oxygens (including phenoxy) is 2. The monoisotopic (exact) mass is 364 g/mol. The van der Waals surface area contributed by atoms with Crippen molar-refractivity contribution in [3.63, 3.8) is 0 Å². The molecule has 1 amide bonds. The van der Waals surface area contributed by atoms with Crippen LogP contribution in [0.3, 0.4) is 0 Å². The second-order valence-electron chi connectivity index (χ2n) is 5.77. The molecule has 1 aromatic heterocycles. The lowest BCUT2D eigenvalue weighted by Crippen LogP contribution is -2.44. The van der Waals surface area contributed by atoms with E-state index in [0.29, 0.717) is 25.5 Å². The highest BCUT2D eigenvalue weighted by Crippen LogP contribution is 2.23. The number of carbonyl (C=O) groups excluding carboxylic acids is 1. The Kier molecular flexibility index (Phi) is 6.38. The molecule has 7 heteroatoms. The molecule has 1 saturated heterocycles. The second kappa shape index (κ2) is 8.94. The van der Waals surface area contributed by atoms with Crippen molar-refractivity contribution in [1.82, 2.24) is 10.2 Å². The third-order valence-corrected chi connectivity index (χ3v) is 4.77. The van der Waals surface area contributed by atoms with Gasteiger partial charge in [0, 0.05) is 25.7 Å². The van der Waals surface area contributed by atoms with Crippen LogP contribution in [-0.4, -0.2) is 50.3 Å². The summed E-state index contributed by atoms with van der Waals surface area (Å²) in [6.45, 7) is 3.46. The zero-order valence-corrected chi connectivity index (χ0v) is 14.6. The molecule has 3 rings (SSSR count). The van der Waals surface area contributed by atoms with E-state index in [-0.39, 0.29) is 24.4 Å². The van der Waals surface area contributed by atoms with Crippen molar-refractivity contribution >= 4 is 17.2 Å². The molecule has 1 unspecified atom stereocenters. The van der Waals surface area contributed by atoms with Crippen molar-refractivity contribution in [3.05, 3.63) is 52.5 Å². The van der Waals surface area contributed by atoms with Crippen molar-refractivity contribution in [3.8, 4) is 5.75 Å². The highest BCUT2D eigenvalue weighted by atomic mass is 32.1. The maximum atomic E-state index is 13.1. The summed E-state index contributed by atoms with van der Waals surface area (Å²) in [5.74, 6) is -0.266. The van der Waals surface area contributed by atoms with E-state index in [1.807, 2.05) is 5.38 Å². The lowest BCUT2D eigenvalue weighted by molar-refractivity contribution is -0.123. The van der Waals surface area contributed by atoms with Gasteiger partial charge in [-0.15, -0.1) is 0 Å². The van der Waals surface area contributed by atoms with Gasteiger partial charge >= 0.3 is 0 Å². The van der Waals surface area contributed by atoms with E-state index in [2.05, 4.69) is 21.7 Å². The third-order valence-electron chi connectivity index (χ3n) is 4.07. The summed E-state index contributed by atoms with van der Waals surface area (Å²) in [6, 6.07) is 7.97. The summed E-state index contributed by atoms with van der Waals surface area (Å²) in [6.07, 6.45) is 0. The fourth-order valence-electron chi connectivity index (χ4n) is 2.78. The summed E-state index contributed by atoms with van der Waals surface area (Å²) in [4.78, 5) is 14.4. The standard InChI is InChI=1S/C18H21FN2O3S/c19-15-2-1-3-16(10-15)24-12-18(22)20-11-17(14-4-9-25-13-14)21-5-7-23-8-6-21/h1-4,9-10,13,17H,5-8,11-12H2,(H,20,22). The number of nitrogens with zero attached hydrogens (tertiary/aromatic N) is 1. The Labute approximate surface area is 150 Å². The number of morpholine rings is 1. The van der Waals surface area contributed by atoms with E-state index in [4.69, 9.17) is 9.47 Å². The topological polar surface area (TPSA) is 50.8 Å². The molecule has 25 heavy (non-hydrogen) atoms. The maximum absolute atomic E-state index is 13.1. The lowest BCUT2D eigenvalue weighted by atomic mass is 10.1. The normalized spacial score (nSPS) is 16.4. The van der Waals surface area contributed by atoms with Crippen LogP contribution in [0.2, 0.25) is 0 Å². The molecule has 1 aliphatic heterocycles. The summed E-state index contributed by atoms with van der Waals surface area (Å²) in [7, 11) is 0. The number of hydrogen-bond donors (Lipinski definition) is 1. The molecule has 1 aliphatic rings. The lowest BCUT2D eigenvalue weighted by Gasteiger charge is -2.34. The first-order valence-electron chi connectivity index (χ1n) is 8.21. The van der Waals surface area contributed by atoms with Crippen LogP contribution in [0, 0.1) is 5.82 Å². The minimum atomic E-state index is -0.386. The SMILES string of the molecule is O=C(COc1cccc(F)c1)NCC(c1ccsc1)N1CCOCC1. The number of thiophene rings is 1. The molecule has 1 N–H and O–H groups in total. The summed E-state index contributed by atoms with van der Waals surface area (Å²) in [5.41, 5.74) is 1.19. The van der Waals surface area contributed by atoms with Crippen LogP contribution in [0.5, 0.6) is 5.75 Å². The molecule has 1 aromatic carbocycles. The van der Waals surface area contributed by atoms with E-state index in [9.17, 15) is 9.18 Å². The Morgan fingerprint density at radius 3 is 2.92 bits per heavy atom. The van der Waals surface area contributed by atoms with Gasteiger partial charge in [0.25, 0.3) is 5.91 Å². The van der Waals surface area contributed by atoms with Crippen molar-refractivity contribution < 1.29 is 18.7 Å². The van der Waals surface area contributed by atoms with Gasteiger partial charge in [0.05, 0.1) is 19.3 Å². The number of hydrogen-bond acceptors (Lipinski definition) is 5. The molecule has 2 aromatic rings. The van der Waals surface area contributed by atoms with Gasteiger partial charge in [-0.05, 0) is 34.5 Å². The first kappa shape index (κ1) is 17.8. The Bertz CT molecular complexity index is 675. The number of halogens is 1. The van der Waals surface area contributed by atoms with Crippen LogP contribution in [-0.2, 0) is 9.53 Å². The molecule has 1 atom stereocenters. The van der Waals surface area contributed by atoms with Crippen LogP contribution >= 0.6 is 11.3 Å². The van der Waals surface area contributed by atoms with Crippen molar-refractivity contribution in [2.24, 2.45) is 0 Å². The molecule has 2 heterocycles. The molecule has 0 radical (unpaired) electrons. The van der Waals surface area contributed by atoms with Crippen LogP contribution in [0.15, 0.2) is 41.1 Å². The fraction of sp³-hybridized carbons (Fsp3) is 0.389. The van der Waals surface area contributed by atoms with Gasteiger partial charge in [0.1, 0.15) is 11.6 Å². The Morgan fingerprint density at radius 1 is 1.36 bits per heavy atom. The molecule has 1 fully saturated rings. The number of rotatable bonds is 7. The van der Waals surface area contributed by atoms with Gasteiger partial charge < -0.3 is 14.8 Å². The molecule has 134 valence electrons. The largest absolute Gasteiger partial charge is 0.484 e. The van der Waals surface area contributed by atoms with Crippen LogP contribution in [0.1, 0.15) is 11.6 Å². The zero-order chi connectivity index (χ0) is 17.5. The van der Waals surface area contributed by atoms with Crippen molar-refractivity contribution in [2.45, 2.75) is 6.04 Å². The van der Waals surface area contributed by atoms with Gasteiger partial charge in [-0.25, -0.2) is 4.39 Å². The first-order valence-corrected chi connectivity index (χ1v) is 9.15. The maximum Gasteiger partial charge on any atom is 0.258 e. The molecule has 0 bridgehead atoms. The van der Waals surface area contributed by atoms with Crippen LogP contribution in [0.4, 0.5) is 4.39 Å². The van der Waals surface area contributed by atoms with Crippen molar-refractivity contribution in [2.75, 3.05) is 39.5 Å². The van der Waals surface area contributed by atoms with Gasteiger partial charge in [0.2, 0.25) is 0 Å². The number of amides is 1. The summed E-state index contributed by atoms with van der Waals surface area (Å²) >= 11 is 1.64. The van der Waals surface area contributed by atoms with Crippen LogP contribution < -0.4 is 10.1 Å². The average Bonchev–Trinajstić information content (AvgIpc) is 3.15. The zero-order valence-electron chi connectivity index (χ0n) is 13.8. The smallest absolute Gasteiger partial charge is 0.258 e. The Morgan fingerprint density at radius 2 is 2.20 bits per heavy atom. The molecule has 0 saturated carbocycles. The van der Waals surface area contributed by atoms with Gasteiger partial charge in [0.15, 0.2) is 6.61 Å². The molecular formula is C18H21FN2O3S. The first-order chi connectivity index (χ1) is 12.2. The third kappa shape index (κ3) is 5.26. The van der Waals surface area contributed by atoms with Crippen molar-refractivity contribution in [1.29, 1.82) is 0 Å². The van der Waals surface area contributed by atoms with Gasteiger partial charge in [-0.1, -0.05) is 6.07 Å². The predicted octanol–water partition coefficient (Wildman–Crippen LogP) is 2.46. The van der Waals surface area contributed by atoms with Gasteiger partial charge in [-0.2, -0.15) is 11.3 Å². The average molecular weight is 364 g/mol. The Hall–Kier alpha value is -1.96. The summed E-state index contributed by atoms with van der Waals surface area (Å²) < 4.78 is 23.9. The van der Waals surface area contributed by atoms with E-state index < -0.39 is 0 Å². The molecule has 0 aliphatic carbocycles. The van der Waals surface area contributed by atoms with Crippen LogP contribution in [0.25, 0.3) is 0 Å². The van der Waals surface area contributed by atoms with E-state index >= 15 is 0 Å². The number of benzene rings is 1. The van der Waals surface area contributed by atoms with Gasteiger partial charge in [-0.3, -0.25) is 9.69 Å². The quantitative estimate of drug-likeness (QED) is 0.820. The van der Waals surface area contributed by atoms with E-state index in [1.54, 1.807) is 23.5 Å². The number of carbonyl (C=O) groups is 1. The Balaban J connectivity index is 1.52. The minimum Gasteiger partial charge on any atom is -0.484 e. The van der Waals surface area contributed by atoms with E-state index in [0.717, 1.165) is 13.1 Å². The minimum absolute atomic E-state index is 0.119. The summed E-state index contributed by atoms with van der Waals surface area (Å²) in [5, 5.41) is 7.06. The number of nitrogens with one attached hydrogen (secondary N) is 1. The highest BCUT2D eigenvalue weighted by Gasteiger charge is 2.23. The highest BCUT2D eigenvalue weighted by molar-refractivity contribution is 7.07. The second-order valence-corrected chi connectivity index (χ2v) is 6.55. The molecule has 0 spiro atoms.